The minimum absolute atomic E-state index is 0.00476. The van der Waals surface area contributed by atoms with Gasteiger partial charge in [-0.1, -0.05) is 30.2 Å². The number of hydrogen-bond donors (Lipinski definition) is 2. The van der Waals surface area contributed by atoms with Gasteiger partial charge in [0.15, 0.2) is 0 Å². The van der Waals surface area contributed by atoms with Crippen molar-refractivity contribution < 1.29 is 14.7 Å². The van der Waals surface area contributed by atoms with Crippen LogP contribution in [0.2, 0.25) is 0 Å². The van der Waals surface area contributed by atoms with Gasteiger partial charge in [0.25, 0.3) is 0 Å². The maximum Gasteiger partial charge on any atom is 0.303 e. The lowest BCUT2D eigenvalue weighted by molar-refractivity contribution is -0.137. The molecule has 2 atom stereocenters. The first-order valence-corrected chi connectivity index (χ1v) is 9.69. The van der Waals surface area contributed by atoms with Gasteiger partial charge < -0.3 is 15.3 Å². The first kappa shape index (κ1) is 19.8. The number of likely N-dealkylation sites (tertiary alicyclic amines) is 1. The highest BCUT2D eigenvalue weighted by Gasteiger charge is 2.29. The van der Waals surface area contributed by atoms with Crippen LogP contribution in [0.1, 0.15) is 39.0 Å². The summed E-state index contributed by atoms with van der Waals surface area (Å²) < 4.78 is 1.57. The van der Waals surface area contributed by atoms with E-state index in [0.717, 1.165) is 18.5 Å². The van der Waals surface area contributed by atoms with Crippen LogP contribution in [-0.2, 0) is 9.59 Å². The molecule has 1 amide bonds. The maximum absolute atomic E-state index is 13.1. The molecule has 1 aromatic heterocycles. The first-order valence-electron chi connectivity index (χ1n) is 9.69. The van der Waals surface area contributed by atoms with Crippen LogP contribution in [0.5, 0.6) is 0 Å². The van der Waals surface area contributed by atoms with E-state index >= 15 is 0 Å². The van der Waals surface area contributed by atoms with Gasteiger partial charge >= 0.3 is 5.97 Å². The second-order valence-corrected chi connectivity index (χ2v) is 7.08. The molecule has 0 saturated carbocycles. The van der Waals surface area contributed by atoms with Crippen molar-refractivity contribution in [2.75, 3.05) is 18.4 Å². The van der Waals surface area contributed by atoms with Crippen LogP contribution in [0.4, 0.5) is 5.95 Å². The largest absolute Gasteiger partial charge is 0.481 e. The van der Waals surface area contributed by atoms with E-state index < -0.39 is 12.0 Å². The van der Waals surface area contributed by atoms with Crippen molar-refractivity contribution in [2.24, 2.45) is 5.92 Å². The van der Waals surface area contributed by atoms with E-state index in [9.17, 15) is 9.59 Å². The van der Waals surface area contributed by atoms with Crippen molar-refractivity contribution in [3.05, 3.63) is 30.3 Å². The zero-order valence-electron chi connectivity index (χ0n) is 16.0. The molecule has 1 aliphatic rings. The number of benzene rings is 1. The Morgan fingerprint density at radius 3 is 2.82 bits per heavy atom. The molecule has 0 radical (unpaired) electrons. The van der Waals surface area contributed by atoms with Gasteiger partial charge in [-0.05, 0) is 54.2 Å². The summed E-state index contributed by atoms with van der Waals surface area (Å²) in [6.45, 7) is 3.25. The predicted octanol–water partition coefficient (Wildman–Crippen LogP) is 1.96. The van der Waals surface area contributed by atoms with Gasteiger partial charge in [0.2, 0.25) is 11.9 Å². The molecule has 28 heavy (non-hydrogen) atoms. The molecule has 2 N–H and O–H groups in total. The van der Waals surface area contributed by atoms with Crippen LogP contribution in [-0.4, -0.2) is 61.2 Å². The number of aliphatic carboxylic acids is 1. The Kier molecular flexibility index (Phi) is 6.57. The quantitative estimate of drug-likeness (QED) is 0.713. The molecule has 9 heteroatoms. The van der Waals surface area contributed by atoms with Crippen LogP contribution in [0, 0.1) is 5.92 Å². The molecule has 1 aliphatic heterocycles. The molecule has 150 valence electrons. The second kappa shape index (κ2) is 9.29. The van der Waals surface area contributed by atoms with E-state index in [1.165, 1.54) is 0 Å². The zero-order chi connectivity index (χ0) is 19.9. The van der Waals surface area contributed by atoms with Crippen molar-refractivity contribution in [3.8, 4) is 5.69 Å². The fraction of sp³-hybridized carbons (Fsp3) is 0.526. The number of carboxylic acid groups (broad SMARTS) is 1. The van der Waals surface area contributed by atoms with Crippen molar-refractivity contribution in [3.63, 3.8) is 0 Å². The number of amides is 1. The number of aromatic nitrogens is 4. The van der Waals surface area contributed by atoms with E-state index in [1.54, 1.807) is 4.68 Å². The van der Waals surface area contributed by atoms with Crippen LogP contribution < -0.4 is 5.32 Å². The summed E-state index contributed by atoms with van der Waals surface area (Å²) in [6, 6.07) is 9.05. The Hall–Kier alpha value is -2.97. The number of hydrogen-bond acceptors (Lipinski definition) is 6. The third-order valence-corrected chi connectivity index (χ3v) is 5.08. The Labute approximate surface area is 163 Å². The minimum Gasteiger partial charge on any atom is -0.481 e. The standard InChI is InChI=1S/C19H26N6O3/c1-2-16(18(28)24-12-6-7-14(13-24)10-11-17(26)27)20-19-21-22-23-25(19)15-8-4-3-5-9-15/h3-5,8-9,14,16H,2,6-7,10-13H2,1H3,(H,26,27)(H,20,21,23). The van der Waals surface area contributed by atoms with Crippen molar-refractivity contribution in [1.29, 1.82) is 0 Å². The number of piperidine rings is 1. The molecule has 2 heterocycles. The third-order valence-electron chi connectivity index (χ3n) is 5.08. The molecule has 1 fully saturated rings. The lowest BCUT2D eigenvalue weighted by Gasteiger charge is -2.35. The Bertz CT molecular complexity index is 794. The number of para-hydroxylation sites is 1. The van der Waals surface area contributed by atoms with Gasteiger partial charge in [-0.15, -0.1) is 0 Å². The molecular weight excluding hydrogens is 360 g/mol. The highest BCUT2D eigenvalue weighted by atomic mass is 16.4. The third kappa shape index (κ3) is 4.85. The van der Waals surface area contributed by atoms with Gasteiger partial charge in [-0.3, -0.25) is 9.59 Å². The highest BCUT2D eigenvalue weighted by molar-refractivity contribution is 5.84. The Morgan fingerprint density at radius 2 is 2.11 bits per heavy atom. The number of tetrazole rings is 1. The first-order chi connectivity index (χ1) is 13.6. The van der Waals surface area contributed by atoms with E-state index in [2.05, 4.69) is 20.8 Å². The topological polar surface area (TPSA) is 113 Å². The summed E-state index contributed by atoms with van der Waals surface area (Å²) >= 11 is 0. The lowest BCUT2D eigenvalue weighted by Crippen LogP contribution is -2.47. The average Bonchev–Trinajstić information content (AvgIpc) is 3.19. The van der Waals surface area contributed by atoms with Crippen molar-refractivity contribution in [1.82, 2.24) is 25.1 Å². The molecule has 0 bridgehead atoms. The van der Waals surface area contributed by atoms with Gasteiger partial charge in [-0.2, -0.15) is 4.68 Å². The van der Waals surface area contributed by atoms with E-state index in [0.29, 0.717) is 31.9 Å². The number of nitrogens with one attached hydrogen (secondary N) is 1. The second-order valence-electron chi connectivity index (χ2n) is 7.08. The monoisotopic (exact) mass is 386 g/mol. The van der Waals surface area contributed by atoms with E-state index in [4.69, 9.17) is 5.11 Å². The van der Waals surface area contributed by atoms with Crippen LogP contribution in [0.25, 0.3) is 5.69 Å². The summed E-state index contributed by atoms with van der Waals surface area (Å²) in [4.78, 5) is 25.7. The van der Waals surface area contributed by atoms with Crippen molar-refractivity contribution in [2.45, 2.75) is 45.1 Å². The van der Waals surface area contributed by atoms with Crippen LogP contribution in [0.3, 0.4) is 0 Å². The lowest BCUT2D eigenvalue weighted by atomic mass is 9.93. The van der Waals surface area contributed by atoms with Crippen molar-refractivity contribution >= 4 is 17.8 Å². The maximum atomic E-state index is 13.1. The van der Waals surface area contributed by atoms with E-state index in [-0.39, 0.29) is 18.2 Å². The SMILES string of the molecule is CCC(Nc1nnnn1-c1ccccc1)C(=O)N1CCCC(CCC(=O)O)C1. The Morgan fingerprint density at radius 1 is 1.32 bits per heavy atom. The fourth-order valence-corrected chi connectivity index (χ4v) is 3.56. The molecule has 2 aromatic rings. The number of carbonyl (C=O) groups is 2. The molecule has 9 nitrogen and oxygen atoms in total. The molecule has 3 rings (SSSR count). The van der Waals surface area contributed by atoms with Crippen LogP contribution >= 0.6 is 0 Å². The molecule has 0 aliphatic carbocycles. The molecular formula is C19H26N6O3. The van der Waals surface area contributed by atoms with E-state index in [1.807, 2.05) is 42.2 Å². The fourth-order valence-electron chi connectivity index (χ4n) is 3.56. The van der Waals surface area contributed by atoms with Gasteiger partial charge in [0.05, 0.1) is 5.69 Å². The summed E-state index contributed by atoms with van der Waals surface area (Å²) in [5, 5.41) is 23.8. The van der Waals surface area contributed by atoms with Gasteiger partial charge in [-0.25, -0.2) is 0 Å². The Balaban J connectivity index is 1.66. The summed E-state index contributed by atoms with van der Waals surface area (Å²) in [6.07, 6.45) is 3.21. The normalized spacial score (nSPS) is 17.9. The van der Waals surface area contributed by atoms with Crippen LogP contribution in [0.15, 0.2) is 30.3 Å². The minimum atomic E-state index is -0.788. The summed E-state index contributed by atoms with van der Waals surface area (Å²) in [5.41, 5.74) is 0.809. The number of rotatable bonds is 8. The van der Waals surface area contributed by atoms with Gasteiger partial charge in [0, 0.05) is 19.5 Å². The molecule has 1 saturated heterocycles. The predicted molar refractivity (Wildman–Crippen MR) is 103 cm³/mol. The average molecular weight is 386 g/mol. The number of anilines is 1. The summed E-state index contributed by atoms with van der Waals surface area (Å²) in [7, 11) is 0. The summed E-state index contributed by atoms with van der Waals surface area (Å²) in [5.74, 6) is -0.124. The number of carboxylic acids is 1. The number of nitrogens with zero attached hydrogens (tertiary/aromatic N) is 5. The number of carbonyl (C=O) groups excluding carboxylic acids is 1. The van der Waals surface area contributed by atoms with Gasteiger partial charge in [0.1, 0.15) is 6.04 Å². The zero-order valence-corrected chi connectivity index (χ0v) is 16.0. The smallest absolute Gasteiger partial charge is 0.303 e. The molecule has 2 unspecified atom stereocenters. The highest BCUT2D eigenvalue weighted by Crippen LogP contribution is 2.22. The molecule has 1 aromatic carbocycles. The molecule has 0 spiro atoms.